The van der Waals surface area contributed by atoms with E-state index in [1.54, 1.807) is 0 Å². The van der Waals surface area contributed by atoms with Crippen LogP contribution in [-0.4, -0.2) is 30.4 Å². The molecule has 128 valence electrons. The first kappa shape index (κ1) is 17.8. The molecule has 1 fully saturated rings. The molecule has 5 nitrogen and oxygen atoms in total. The predicted octanol–water partition coefficient (Wildman–Crippen LogP) is 3.86. The maximum Gasteiger partial charge on any atom is 0.412 e. The average Bonchev–Trinajstić information content (AvgIpc) is 2.83. The molecule has 0 bridgehead atoms. The number of carbonyl (C=O) groups excluding carboxylic acids is 1. The van der Waals surface area contributed by atoms with Crippen molar-refractivity contribution in [3.8, 4) is 0 Å². The Labute approximate surface area is 138 Å². The lowest BCUT2D eigenvalue weighted by atomic mass is 10.0. The van der Waals surface area contributed by atoms with Gasteiger partial charge in [-0.1, -0.05) is 12.1 Å². The van der Waals surface area contributed by atoms with Crippen LogP contribution in [0.1, 0.15) is 52.6 Å². The number of anilines is 1. The van der Waals surface area contributed by atoms with E-state index in [1.165, 1.54) is 5.56 Å². The number of nitrogens with one attached hydrogen (secondary N) is 2. The molecule has 1 saturated heterocycles. The van der Waals surface area contributed by atoms with Crippen molar-refractivity contribution in [3.05, 3.63) is 29.8 Å². The van der Waals surface area contributed by atoms with Crippen LogP contribution in [-0.2, 0) is 9.47 Å². The third-order valence-corrected chi connectivity index (χ3v) is 3.90. The Morgan fingerprint density at radius 3 is 2.48 bits per heavy atom. The number of hydrogen-bond acceptors (Lipinski definition) is 4. The van der Waals surface area contributed by atoms with E-state index < -0.39 is 11.7 Å². The average molecular weight is 320 g/mol. The molecule has 0 saturated carbocycles. The van der Waals surface area contributed by atoms with Crippen LogP contribution in [0.2, 0.25) is 0 Å². The van der Waals surface area contributed by atoms with Crippen LogP contribution in [0.25, 0.3) is 0 Å². The van der Waals surface area contributed by atoms with Gasteiger partial charge in [-0.25, -0.2) is 4.79 Å². The van der Waals surface area contributed by atoms with Crippen LogP contribution in [0.5, 0.6) is 0 Å². The van der Waals surface area contributed by atoms with Crippen LogP contribution < -0.4 is 10.6 Å². The number of hydrogen-bond donors (Lipinski definition) is 2. The van der Waals surface area contributed by atoms with E-state index in [0.717, 1.165) is 18.7 Å². The summed E-state index contributed by atoms with van der Waals surface area (Å²) in [6, 6.07) is 8.46. The molecule has 1 aliphatic rings. The first-order valence-electron chi connectivity index (χ1n) is 8.22. The van der Waals surface area contributed by atoms with Crippen LogP contribution in [0.3, 0.4) is 0 Å². The van der Waals surface area contributed by atoms with E-state index >= 15 is 0 Å². The maximum absolute atomic E-state index is 11.8. The summed E-state index contributed by atoms with van der Waals surface area (Å²) in [7, 11) is 0. The number of rotatable bonds is 4. The third kappa shape index (κ3) is 5.52. The number of ether oxygens (including phenoxy) is 2. The molecule has 5 heteroatoms. The Morgan fingerprint density at radius 1 is 1.30 bits per heavy atom. The topological polar surface area (TPSA) is 59.6 Å². The molecule has 3 atom stereocenters. The second-order valence-corrected chi connectivity index (χ2v) is 7.11. The lowest BCUT2D eigenvalue weighted by molar-refractivity contribution is 0.0636. The van der Waals surface area contributed by atoms with Gasteiger partial charge in [0.1, 0.15) is 5.60 Å². The van der Waals surface area contributed by atoms with Gasteiger partial charge in [0.15, 0.2) is 0 Å². The number of carbonyl (C=O) groups is 1. The Hall–Kier alpha value is -1.59. The van der Waals surface area contributed by atoms with Crippen LogP contribution in [0.15, 0.2) is 24.3 Å². The molecule has 0 aromatic heterocycles. The lowest BCUT2D eigenvalue weighted by Gasteiger charge is -2.22. The van der Waals surface area contributed by atoms with Crippen molar-refractivity contribution in [2.45, 2.75) is 64.8 Å². The van der Waals surface area contributed by atoms with Gasteiger partial charge < -0.3 is 14.8 Å². The number of benzene rings is 1. The van der Waals surface area contributed by atoms with Crippen molar-refractivity contribution in [2.75, 3.05) is 11.9 Å². The fraction of sp³-hybridized carbons (Fsp3) is 0.611. The van der Waals surface area contributed by atoms with Crippen molar-refractivity contribution < 1.29 is 14.3 Å². The van der Waals surface area contributed by atoms with Crippen molar-refractivity contribution in [3.63, 3.8) is 0 Å². The van der Waals surface area contributed by atoms with Crippen molar-refractivity contribution in [1.82, 2.24) is 5.32 Å². The Balaban J connectivity index is 1.89. The molecular formula is C18H28N2O3. The summed E-state index contributed by atoms with van der Waals surface area (Å²) in [5.41, 5.74) is 1.41. The Kier molecular flexibility index (Phi) is 5.65. The lowest BCUT2D eigenvalue weighted by Crippen LogP contribution is -2.36. The van der Waals surface area contributed by atoms with Gasteiger partial charge in [0.25, 0.3) is 0 Å². The zero-order valence-electron chi connectivity index (χ0n) is 14.7. The summed E-state index contributed by atoms with van der Waals surface area (Å²) in [6.07, 6.45) is 0.864. The minimum absolute atomic E-state index is 0.236. The Bertz CT molecular complexity index is 522. The zero-order valence-corrected chi connectivity index (χ0v) is 14.7. The quantitative estimate of drug-likeness (QED) is 0.884. The van der Waals surface area contributed by atoms with Gasteiger partial charge in [-0.05, 0) is 58.7 Å². The molecule has 0 spiro atoms. The minimum atomic E-state index is -0.498. The zero-order chi connectivity index (χ0) is 17.0. The van der Waals surface area contributed by atoms with E-state index in [2.05, 4.69) is 24.5 Å². The molecule has 1 aromatic rings. The van der Waals surface area contributed by atoms with Gasteiger partial charge in [-0.3, -0.25) is 5.32 Å². The molecule has 3 unspecified atom stereocenters. The molecule has 0 aliphatic carbocycles. The predicted molar refractivity (Wildman–Crippen MR) is 91.7 cm³/mol. The summed E-state index contributed by atoms with van der Waals surface area (Å²) in [4.78, 5) is 11.8. The largest absolute Gasteiger partial charge is 0.444 e. The summed E-state index contributed by atoms with van der Waals surface area (Å²) in [6.45, 7) is 10.6. The smallest absolute Gasteiger partial charge is 0.412 e. The van der Waals surface area contributed by atoms with Gasteiger partial charge in [0, 0.05) is 24.4 Å². The van der Waals surface area contributed by atoms with Crippen molar-refractivity contribution >= 4 is 11.8 Å². The molecular weight excluding hydrogens is 292 g/mol. The highest BCUT2D eigenvalue weighted by atomic mass is 16.6. The van der Waals surface area contributed by atoms with E-state index in [1.807, 2.05) is 45.0 Å². The molecule has 2 N–H and O–H groups in total. The highest BCUT2D eigenvalue weighted by molar-refractivity contribution is 5.84. The van der Waals surface area contributed by atoms with E-state index in [4.69, 9.17) is 9.47 Å². The van der Waals surface area contributed by atoms with E-state index in [-0.39, 0.29) is 12.1 Å². The highest BCUT2D eigenvalue weighted by Crippen LogP contribution is 2.21. The fourth-order valence-electron chi connectivity index (χ4n) is 2.64. The van der Waals surface area contributed by atoms with Crippen LogP contribution >= 0.6 is 0 Å². The van der Waals surface area contributed by atoms with Gasteiger partial charge in [-0.15, -0.1) is 0 Å². The second-order valence-electron chi connectivity index (χ2n) is 7.11. The highest BCUT2D eigenvalue weighted by Gasteiger charge is 2.25. The SMILES string of the molecule is CC(NC1CCOC1C)c1ccc(NC(=O)OC(C)(C)C)cc1. The molecule has 1 heterocycles. The molecule has 1 amide bonds. The van der Waals surface area contributed by atoms with Gasteiger partial charge in [-0.2, -0.15) is 0 Å². The van der Waals surface area contributed by atoms with E-state index in [9.17, 15) is 4.79 Å². The first-order valence-corrected chi connectivity index (χ1v) is 8.22. The summed E-state index contributed by atoms with van der Waals surface area (Å²) >= 11 is 0. The fourth-order valence-corrected chi connectivity index (χ4v) is 2.64. The molecule has 1 aromatic carbocycles. The molecule has 0 radical (unpaired) electrons. The summed E-state index contributed by atoms with van der Waals surface area (Å²) in [5.74, 6) is 0. The molecule has 23 heavy (non-hydrogen) atoms. The third-order valence-electron chi connectivity index (χ3n) is 3.90. The second kappa shape index (κ2) is 7.32. The van der Waals surface area contributed by atoms with Gasteiger partial charge >= 0.3 is 6.09 Å². The Morgan fingerprint density at radius 2 is 1.96 bits per heavy atom. The molecule has 2 rings (SSSR count). The molecule has 1 aliphatic heterocycles. The van der Waals surface area contributed by atoms with Crippen LogP contribution in [0.4, 0.5) is 10.5 Å². The van der Waals surface area contributed by atoms with E-state index in [0.29, 0.717) is 6.04 Å². The van der Waals surface area contributed by atoms with Crippen LogP contribution in [0, 0.1) is 0 Å². The van der Waals surface area contributed by atoms with Gasteiger partial charge in [0.05, 0.1) is 6.10 Å². The van der Waals surface area contributed by atoms with Gasteiger partial charge in [0.2, 0.25) is 0 Å². The number of amides is 1. The standard InChI is InChI=1S/C18H28N2O3/c1-12(19-16-10-11-22-13(16)2)14-6-8-15(9-7-14)20-17(21)23-18(3,4)5/h6-9,12-13,16,19H,10-11H2,1-5H3,(H,20,21). The minimum Gasteiger partial charge on any atom is -0.444 e. The first-order chi connectivity index (χ1) is 10.7. The monoisotopic (exact) mass is 320 g/mol. The summed E-state index contributed by atoms with van der Waals surface area (Å²) < 4.78 is 10.8. The normalized spacial score (nSPS) is 22.7. The summed E-state index contributed by atoms with van der Waals surface area (Å²) in [5, 5.41) is 6.34. The maximum atomic E-state index is 11.8. The van der Waals surface area contributed by atoms with Crippen molar-refractivity contribution in [2.24, 2.45) is 0 Å². The van der Waals surface area contributed by atoms with Crippen molar-refractivity contribution in [1.29, 1.82) is 0 Å².